The molecule has 2 atom stereocenters. The predicted octanol–water partition coefficient (Wildman–Crippen LogP) is 5.61. The van der Waals surface area contributed by atoms with Crippen LogP contribution >= 0.6 is 0 Å². The Kier molecular flexibility index (Phi) is 6.67. The first-order valence-corrected chi connectivity index (χ1v) is 12.5. The van der Waals surface area contributed by atoms with Gasteiger partial charge in [0.05, 0.1) is 28.5 Å². The average Bonchev–Trinajstić information content (AvgIpc) is 3.56. The van der Waals surface area contributed by atoms with Crippen LogP contribution in [0.2, 0.25) is 0 Å². The molecule has 2 fully saturated rings. The van der Waals surface area contributed by atoms with Crippen LogP contribution in [0.15, 0.2) is 24.3 Å². The molecule has 7 nitrogen and oxygen atoms in total. The van der Waals surface area contributed by atoms with Gasteiger partial charge in [-0.05, 0) is 59.2 Å². The van der Waals surface area contributed by atoms with E-state index in [0.717, 1.165) is 25.5 Å². The Morgan fingerprint density at radius 2 is 2.00 bits per heavy atom. The molecule has 3 aromatic rings. The molecule has 1 saturated carbocycles. The summed E-state index contributed by atoms with van der Waals surface area (Å²) in [5, 5.41) is 13.7. The molecule has 1 aromatic carbocycles. The normalized spacial score (nSPS) is 19.7. The van der Waals surface area contributed by atoms with E-state index in [-0.39, 0.29) is 11.6 Å². The Bertz CT molecular complexity index is 1370. The third kappa shape index (κ3) is 4.80. The fourth-order valence-electron chi connectivity index (χ4n) is 5.00. The average molecular weight is 511 g/mol. The molecule has 3 heterocycles. The fraction of sp³-hybridized carbons (Fsp3) is 0.481. The summed E-state index contributed by atoms with van der Waals surface area (Å²) >= 11 is 0. The van der Waals surface area contributed by atoms with Gasteiger partial charge < -0.3 is 15.0 Å². The molecule has 5 rings (SSSR count). The number of aromatic nitrogens is 3. The topological polar surface area (TPSA) is 87.0 Å². The summed E-state index contributed by atoms with van der Waals surface area (Å²) in [6.45, 7) is 4.89. The van der Waals surface area contributed by atoms with Gasteiger partial charge in [-0.25, -0.2) is 23.1 Å². The zero-order valence-electron chi connectivity index (χ0n) is 21.1. The van der Waals surface area contributed by atoms with Crippen molar-refractivity contribution in [3.05, 3.63) is 52.6 Å². The number of ether oxygens (including phenoxy) is 1. The molecule has 194 valence electrons. The van der Waals surface area contributed by atoms with Crippen molar-refractivity contribution in [2.45, 2.75) is 63.5 Å². The molecule has 0 radical (unpaired) electrons. The summed E-state index contributed by atoms with van der Waals surface area (Å²) < 4.78 is 47.5. The largest absolute Gasteiger partial charge is 0.476 e. The van der Waals surface area contributed by atoms with E-state index in [4.69, 9.17) is 9.72 Å². The Morgan fingerprint density at radius 3 is 2.65 bits per heavy atom. The van der Waals surface area contributed by atoms with Crippen molar-refractivity contribution in [1.82, 2.24) is 19.9 Å². The number of alkyl halides is 2. The number of rotatable bonds is 8. The van der Waals surface area contributed by atoms with E-state index >= 15 is 0 Å². The van der Waals surface area contributed by atoms with E-state index in [2.05, 4.69) is 33.3 Å². The van der Waals surface area contributed by atoms with E-state index in [0.29, 0.717) is 53.6 Å². The van der Waals surface area contributed by atoms with Gasteiger partial charge in [0.25, 0.3) is 6.43 Å². The number of aryl methyl sites for hydroxylation is 1. The minimum Gasteiger partial charge on any atom is -0.476 e. The van der Waals surface area contributed by atoms with Crippen molar-refractivity contribution < 1.29 is 17.9 Å². The van der Waals surface area contributed by atoms with E-state index in [1.165, 1.54) is 12.1 Å². The zero-order valence-corrected chi connectivity index (χ0v) is 21.1. The maximum atomic E-state index is 14.8. The summed E-state index contributed by atoms with van der Waals surface area (Å²) in [7, 11) is 2.07. The molecule has 37 heavy (non-hydrogen) atoms. The number of nitrogens with one attached hydrogen (secondary N) is 1. The lowest BCUT2D eigenvalue weighted by Gasteiger charge is -2.22. The van der Waals surface area contributed by atoms with Gasteiger partial charge in [-0.2, -0.15) is 10.2 Å². The minimum atomic E-state index is -2.91. The Balaban J connectivity index is 1.53. The predicted molar refractivity (Wildman–Crippen MR) is 133 cm³/mol. The van der Waals surface area contributed by atoms with E-state index < -0.39 is 29.3 Å². The number of hydrogen-bond acceptors (Lipinski definition) is 7. The molecular weight excluding hydrogens is 481 g/mol. The number of hydrogen-bond donors (Lipinski definition) is 1. The maximum absolute atomic E-state index is 14.8. The Morgan fingerprint density at radius 1 is 1.24 bits per heavy atom. The van der Waals surface area contributed by atoms with Crippen molar-refractivity contribution in [2.24, 2.45) is 0 Å². The van der Waals surface area contributed by atoms with Crippen LogP contribution in [0.4, 0.5) is 19.0 Å². The lowest BCUT2D eigenvalue weighted by Crippen LogP contribution is -2.31. The highest BCUT2D eigenvalue weighted by Crippen LogP contribution is 2.51. The molecule has 0 unspecified atom stereocenters. The zero-order chi connectivity index (χ0) is 26.3. The quantitative estimate of drug-likeness (QED) is 0.421. The molecule has 10 heteroatoms. The monoisotopic (exact) mass is 510 g/mol. The van der Waals surface area contributed by atoms with Crippen LogP contribution in [0.25, 0.3) is 11.0 Å². The van der Waals surface area contributed by atoms with Gasteiger partial charge in [-0.3, -0.25) is 0 Å². The molecule has 1 N–H and O–H groups in total. The first kappa shape index (κ1) is 25.2. The van der Waals surface area contributed by atoms with Crippen LogP contribution in [-0.4, -0.2) is 46.1 Å². The maximum Gasteiger partial charge on any atom is 0.266 e. The number of halogens is 3. The third-order valence-electron chi connectivity index (χ3n) is 7.44. The van der Waals surface area contributed by atoms with Gasteiger partial charge in [-0.15, -0.1) is 0 Å². The highest BCUT2D eigenvalue weighted by Gasteiger charge is 2.48. The molecule has 2 aromatic heterocycles. The van der Waals surface area contributed by atoms with Crippen LogP contribution in [0.1, 0.15) is 67.6 Å². The van der Waals surface area contributed by atoms with Gasteiger partial charge in [-0.1, -0.05) is 18.2 Å². The third-order valence-corrected chi connectivity index (χ3v) is 7.44. The summed E-state index contributed by atoms with van der Waals surface area (Å²) in [6, 6.07) is 7.84. The molecule has 2 aliphatic rings. The SMILES string of the molecule is Cc1nc(N[C@H](C)c2cccc(C(F)F)c2F)c2cc(C3(C#N)CC3)c(OC[C@@H]3CCCN3C)nc2n1. The van der Waals surface area contributed by atoms with Crippen LogP contribution in [0, 0.1) is 24.1 Å². The summed E-state index contributed by atoms with van der Waals surface area (Å²) in [5.41, 5.74) is -0.137. The second-order valence-electron chi connectivity index (χ2n) is 10.0. The number of nitrogens with zero attached hydrogens (tertiary/aromatic N) is 5. The van der Waals surface area contributed by atoms with Gasteiger partial charge in [0.15, 0.2) is 5.65 Å². The first-order valence-electron chi connectivity index (χ1n) is 12.5. The van der Waals surface area contributed by atoms with Crippen molar-refractivity contribution in [3.63, 3.8) is 0 Å². The molecule has 1 saturated heterocycles. The summed E-state index contributed by atoms with van der Waals surface area (Å²) in [5.74, 6) is 0.286. The van der Waals surface area contributed by atoms with Crippen molar-refractivity contribution in [2.75, 3.05) is 25.5 Å². The second kappa shape index (κ2) is 9.78. The molecule has 0 amide bonds. The lowest BCUT2D eigenvalue weighted by molar-refractivity contribution is 0.146. The number of likely N-dealkylation sites (N-methyl/N-ethyl adjacent to an activating group) is 1. The van der Waals surface area contributed by atoms with Crippen molar-refractivity contribution in [3.8, 4) is 11.9 Å². The number of fused-ring (bicyclic) bond motifs is 1. The lowest BCUT2D eigenvalue weighted by atomic mass is 9.97. The molecule has 1 aliphatic heterocycles. The Labute approximate surface area is 213 Å². The first-order chi connectivity index (χ1) is 17.7. The number of pyridine rings is 1. The summed E-state index contributed by atoms with van der Waals surface area (Å²) in [6.07, 6.45) is 0.649. The molecular formula is C27H29F3N6O. The minimum absolute atomic E-state index is 0.103. The van der Waals surface area contributed by atoms with Crippen molar-refractivity contribution >= 4 is 16.9 Å². The Hall–Kier alpha value is -3.45. The van der Waals surface area contributed by atoms with E-state index in [1.807, 2.05) is 6.07 Å². The molecule has 1 aliphatic carbocycles. The fourth-order valence-corrected chi connectivity index (χ4v) is 5.00. The highest BCUT2D eigenvalue weighted by atomic mass is 19.3. The number of likely N-dealkylation sites (tertiary alicyclic amines) is 1. The molecule has 0 spiro atoms. The van der Waals surface area contributed by atoms with E-state index in [1.54, 1.807) is 13.8 Å². The highest BCUT2D eigenvalue weighted by molar-refractivity contribution is 5.88. The van der Waals surface area contributed by atoms with Crippen molar-refractivity contribution in [1.29, 1.82) is 5.26 Å². The van der Waals surface area contributed by atoms with Gasteiger partial charge >= 0.3 is 0 Å². The smallest absolute Gasteiger partial charge is 0.266 e. The number of benzene rings is 1. The van der Waals surface area contributed by atoms with Crippen LogP contribution in [0.5, 0.6) is 5.88 Å². The summed E-state index contributed by atoms with van der Waals surface area (Å²) in [4.78, 5) is 16.0. The number of nitriles is 1. The standard InChI is InChI=1S/C27H29F3N6O/c1-15(18-7-4-8-19(22(18)28)23(29)30)32-24-20-12-21(27(14-31)9-10-27)26(35-25(20)34-16(2)33-24)37-13-17-6-5-11-36(17)3/h4,7-8,12,15,17,23H,5-6,9-11,13H2,1-3H3,(H,32,33,34,35)/t15-,17+/m1/s1. The van der Waals surface area contributed by atoms with E-state index in [9.17, 15) is 18.4 Å². The van der Waals surface area contributed by atoms with Gasteiger partial charge in [0.2, 0.25) is 5.88 Å². The van der Waals surface area contributed by atoms with Crippen LogP contribution in [0.3, 0.4) is 0 Å². The number of anilines is 1. The molecule has 0 bridgehead atoms. The van der Waals surface area contributed by atoms with Gasteiger partial charge in [0, 0.05) is 17.2 Å². The van der Waals surface area contributed by atoms with Crippen LogP contribution < -0.4 is 10.1 Å². The van der Waals surface area contributed by atoms with Crippen LogP contribution in [-0.2, 0) is 5.41 Å². The van der Waals surface area contributed by atoms with Gasteiger partial charge in [0.1, 0.15) is 24.1 Å². The second-order valence-corrected chi connectivity index (χ2v) is 10.0.